The molecule has 1 aliphatic rings. The van der Waals surface area contributed by atoms with Gasteiger partial charge in [-0.15, -0.1) is 0 Å². The van der Waals surface area contributed by atoms with Gasteiger partial charge in [0.25, 0.3) is 0 Å². The van der Waals surface area contributed by atoms with Crippen molar-refractivity contribution in [2.24, 2.45) is 5.41 Å². The summed E-state index contributed by atoms with van der Waals surface area (Å²) in [4.78, 5) is 14.7. The van der Waals surface area contributed by atoms with E-state index in [-0.39, 0.29) is 5.78 Å². The SMILES string of the molecule is CCc1ccc(C(=O)CN2CCC(CC)(CC)CC2)cc1. The van der Waals surface area contributed by atoms with Gasteiger partial charge in [0.2, 0.25) is 0 Å². The van der Waals surface area contributed by atoms with Crippen molar-refractivity contribution < 1.29 is 4.79 Å². The smallest absolute Gasteiger partial charge is 0.176 e. The number of hydrogen-bond acceptors (Lipinski definition) is 2. The number of piperidine rings is 1. The molecule has 0 bridgehead atoms. The molecule has 0 aromatic heterocycles. The van der Waals surface area contributed by atoms with Crippen LogP contribution in [-0.2, 0) is 6.42 Å². The summed E-state index contributed by atoms with van der Waals surface area (Å²) < 4.78 is 0. The number of ketones is 1. The number of Topliss-reactive ketones (excluding diaryl/α,β-unsaturated/α-hetero) is 1. The van der Waals surface area contributed by atoms with Crippen molar-refractivity contribution >= 4 is 5.78 Å². The van der Waals surface area contributed by atoms with Crippen LogP contribution in [0.15, 0.2) is 24.3 Å². The van der Waals surface area contributed by atoms with Gasteiger partial charge >= 0.3 is 0 Å². The minimum Gasteiger partial charge on any atom is -0.296 e. The minimum absolute atomic E-state index is 0.262. The van der Waals surface area contributed by atoms with Crippen LogP contribution in [0, 0.1) is 5.41 Å². The minimum atomic E-state index is 0.262. The fourth-order valence-electron chi connectivity index (χ4n) is 3.36. The summed E-state index contributed by atoms with van der Waals surface area (Å²) in [5.74, 6) is 0.262. The first-order valence-corrected chi connectivity index (χ1v) is 8.47. The van der Waals surface area contributed by atoms with E-state index in [1.165, 1.54) is 31.2 Å². The van der Waals surface area contributed by atoms with Gasteiger partial charge < -0.3 is 0 Å². The standard InChI is InChI=1S/C19H29NO/c1-4-16-7-9-17(10-8-16)18(21)15-20-13-11-19(5-2,6-3)12-14-20/h7-10H,4-6,11-15H2,1-3H3. The van der Waals surface area contributed by atoms with E-state index in [4.69, 9.17) is 0 Å². The van der Waals surface area contributed by atoms with Crippen molar-refractivity contribution in [3.63, 3.8) is 0 Å². The Bertz CT molecular complexity index is 449. The van der Waals surface area contributed by atoms with E-state index < -0.39 is 0 Å². The summed E-state index contributed by atoms with van der Waals surface area (Å²) in [5.41, 5.74) is 2.68. The van der Waals surface area contributed by atoms with Crippen LogP contribution < -0.4 is 0 Å². The number of nitrogens with zero attached hydrogens (tertiary/aromatic N) is 1. The second kappa shape index (κ2) is 7.22. The van der Waals surface area contributed by atoms with Crippen LogP contribution in [0.3, 0.4) is 0 Å². The van der Waals surface area contributed by atoms with Crippen molar-refractivity contribution in [1.29, 1.82) is 0 Å². The number of hydrogen-bond donors (Lipinski definition) is 0. The highest BCUT2D eigenvalue weighted by atomic mass is 16.1. The maximum atomic E-state index is 12.4. The van der Waals surface area contributed by atoms with Gasteiger partial charge in [-0.05, 0) is 43.3 Å². The third-order valence-corrected chi connectivity index (χ3v) is 5.47. The zero-order valence-corrected chi connectivity index (χ0v) is 13.8. The predicted molar refractivity (Wildman–Crippen MR) is 88.8 cm³/mol. The van der Waals surface area contributed by atoms with Crippen molar-refractivity contribution in [3.8, 4) is 0 Å². The van der Waals surface area contributed by atoms with Crippen LogP contribution in [0.1, 0.15) is 62.4 Å². The van der Waals surface area contributed by atoms with Crippen molar-refractivity contribution in [2.45, 2.75) is 52.9 Å². The molecule has 21 heavy (non-hydrogen) atoms. The van der Waals surface area contributed by atoms with Crippen LogP contribution in [-0.4, -0.2) is 30.3 Å². The van der Waals surface area contributed by atoms with Gasteiger partial charge in [-0.1, -0.05) is 57.9 Å². The zero-order valence-electron chi connectivity index (χ0n) is 13.8. The summed E-state index contributed by atoms with van der Waals surface area (Å²) in [6.07, 6.45) is 6.04. The van der Waals surface area contributed by atoms with E-state index in [2.05, 4.69) is 37.8 Å². The molecule has 0 radical (unpaired) electrons. The van der Waals surface area contributed by atoms with E-state index >= 15 is 0 Å². The summed E-state index contributed by atoms with van der Waals surface area (Å²) >= 11 is 0. The number of benzene rings is 1. The molecule has 2 nitrogen and oxygen atoms in total. The molecule has 2 heteroatoms. The molecule has 2 rings (SSSR count). The molecule has 0 spiro atoms. The first kappa shape index (κ1) is 16.2. The number of rotatable bonds is 6. The molecule has 1 heterocycles. The summed E-state index contributed by atoms with van der Waals surface area (Å²) in [6.45, 7) is 9.47. The lowest BCUT2D eigenvalue weighted by atomic mass is 9.74. The highest BCUT2D eigenvalue weighted by Crippen LogP contribution is 2.37. The fraction of sp³-hybridized carbons (Fsp3) is 0.632. The molecular weight excluding hydrogens is 258 g/mol. The second-order valence-corrected chi connectivity index (χ2v) is 6.46. The molecule has 0 unspecified atom stereocenters. The summed E-state index contributed by atoms with van der Waals surface area (Å²) in [6, 6.07) is 8.10. The van der Waals surface area contributed by atoms with Crippen molar-refractivity contribution in [1.82, 2.24) is 4.90 Å². The first-order valence-electron chi connectivity index (χ1n) is 8.47. The third-order valence-electron chi connectivity index (χ3n) is 5.47. The largest absolute Gasteiger partial charge is 0.296 e. The molecule has 1 aliphatic heterocycles. The van der Waals surface area contributed by atoms with E-state index in [0.29, 0.717) is 12.0 Å². The lowest BCUT2D eigenvalue weighted by molar-refractivity contribution is 0.0756. The monoisotopic (exact) mass is 287 g/mol. The van der Waals surface area contributed by atoms with E-state index in [0.717, 1.165) is 25.1 Å². The van der Waals surface area contributed by atoms with E-state index in [1.54, 1.807) is 0 Å². The fourth-order valence-corrected chi connectivity index (χ4v) is 3.36. The molecule has 0 aliphatic carbocycles. The lowest BCUT2D eigenvalue weighted by Gasteiger charge is -2.40. The van der Waals surface area contributed by atoms with Crippen LogP contribution in [0.25, 0.3) is 0 Å². The summed E-state index contributed by atoms with van der Waals surface area (Å²) in [5, 5.41) is 0. The maximum absolute atomic E-state index is 12.4. The van der Waals surface area contributed by atoms with Gasteiger partial charge in [-0.25, -0.2) is 0 Å². The zero-order chi connectivity index (χ0) is 15.3. The van der Waals surface area contributed by atoms with Gasteiger partial charge in [-0.3, -0.25) is 9.69 Å². The van der Waals surface area contributed by atoms with E-state index in [1.807, 2.05) is 12.1 Å². The molecule has 0 atom stereocenters. The van der Waals surface area contributed by atoms with Crippen LogP contribution >= 0.6 is 0 Å². The average molecular weight is 287 g/mol. The van der Waals surface area contributed by atoms with Crippen molar-refractivity contribution in [3.05, 3.63) is 35.4 Å². The Hall–Kier alpha value is -1.15. The maximum Gasteiger partial charge on any atom is 0.176 e. The Labute approximate surface area is 129 Å². The third kappa shape index (κ3) is 3.94. The lowest BCUT2D eigenvalue weighted by Crippen LogP contribution is -2.41. The number of carbonyl (C=O) groups is 1. The molecule has 1 fully saturated rings. The van der Waals surface area contributed by atoms with Crippen LogP contribution in [0.4, 0.5) is 0 Å². The Kier molecular flexibility index (Phi) is 5.58. The molecule has 1 aromatic rings. The molecule has 116 valence electrons. The normalized spacial score (nSPS) is 18.6. The Morgan fingerprint density at radius 3 is 2.10 bits per heavy atom. The number of aryl methyl sites for hydroxylation is 1. The quantitative estimate of drug-likeness (QED) is 0.726. The molecule has 0 saturated carbocycles. The Balaban J connectivity index is 1.89. The van der Waals surface area contributed by atoms with Gasteiger partial charge in [0.1, 0.15) is 0 Å². The molecule has 0 amide bonds. The highest BCUT2D eigenvalue weighted by Gasteiger charge is 2.31. The molecule has 1 aromatic carbocycles. The van der Waals surface area contributed by atoms with Gasteiger partial charge in [0, 0.05) is 5.56 Å². The molecular formula is C19H29NO. The van der Waals surface area contributed by atoms with Crippen LogP contribution in [0.2, 0.25) is 0 Å². The number of likely N-dealkylation sites (tertiary alicyclic amines) is 1. The number of carbonyl (C=O) groups excluding carboxylic acids is 1. The van der Waals surface area contributed by atoms with Gasteiger partial charge in [-0.2, -0.15) is 0 Å². The average Bonchev–Trinajstić information content (AvgIpc) is 2.56. The van der Waals surface area contributed by atoms with E-state index in [9.17, 15) is 4.79 Å². The topological polar surface area (TPSA) is 20.3 Å². The van der Waals surface area contributed by atoms with Gasteiger partial charge in [0.15, 0.2) is 5.78 Å². The van der Waals surface area contributed by atoms with Gasteiger partial charge in [0.05, 0.1) is 6.54 Å². The first-order chi connectivity index (χ1) is 10.1. The second-order valence-electron chi connectivity index (χ2n) is 6.46. The van der Waals surface area contributed by atoms with Crippen LogP contribution in [0.5, 0.6) is 0 Å². The Morgan fingerprint density at radius 1 is 1.05 bits per heavy atom. The molecule has 1 saturated heterocycles. The molecule has 0 N–H and O–H groups in total. The Morgan fingerprint density at radius 2 is 1.62 bits per heavy atom. The predicted octanol–water partition coefficient (Wildman–Crippen LogP) is 4.33. The van der Waals surface area contributed by atoms with Crippen molar-refractivity contribution in [2.75, 3.05) is 19.6 Å². The summed E-state index contributed by atoms with van der Waals surface area (Å²) in [7, 11) is 0. The highest BCUT2D eigenvalue weighted by molar-refractivity contribution is 5.97.